The summed E-state index contributed by atoms with van der Waals surface area (Å²) < 4.78 is 0. The first-order valence-electron chi connectivity index (χ1n) is 3.70. The van der Waals surface area contributed by atoms with E-state index in [1.807, 2.05) is 0 Å². The van der Waals surface area contributed by atoms with Gasteiger partial charge in [-0.3, -0.25) is 0 Å². The third-order valence-electron chi connectivity index (χ3n) is 1.99. The molecule has 9 heavy (non-hydrogen) atoms. The van der Waals surface area contributed by atoms with Crippen molar-refractivity contribution in [2.75, 3.05) is 13.1 Å². The molecule has 1 atom stereocenters. The largest absolute Gasteiger partial charge is 0.301 e. The molecule has 1 aliphatic heterocycles. The number of hydrogen-bond acceptors (Lipinski definition) is 1. The van der Waals surface area contributed by atoms with E-state index in [1.54, 1.807) is 0 Å². The molecule has 1 fully saturated rings. The van der Waals surface area contributed by atoms with Gasteiger partial charge in [0.2, 0.25) is 0 Å². The second kappa shape index (κ2) is 2.70. The zero-order valence-electron chi connectivity index (χ0n) is 6.30. The van der Waals surface area contributed by atoms with Gasteiger partial charge in [0, 0.05) is 12.6 Å². The second-order valence-corrected chi connectivity index (χ2v) is 3.14. The van der Waals surface area contributed by atoms with Crippen LogP contribution in [0.2, 0.25) is 0 Å². The van der Waals surface area contributed by atoms with Crippen molar-refractivity contribution in [3.05, 3.63) is 6.92 Å². The van der Waals surface area contributed by atoms with Crippen molar-refractivity contribution < 1.29 is 0 Å². The Balaban J connectivity index is 2.30. The smallest absolute Gasteiger partial charge is 0.00387 e. The monoisotopic (exact) mass is 125 g/mol. The van der Waals surface area contributed by atoms with E-state index in [2.05, 4.69) is 18.7 Å². The number of likely N-dealkylation sites (tertiary alicyclic amines) is 1. The average molecular weight is 125 g/mol. The fourth-order valence-corrected chi connectivity index (χ4v) is 1.28. The van der Waals surface area contributed by atoms with Gasteiger partial charge in [-0.15, -0.1) is 0 Å². The molecule has 1 rings (SSSR count). The average Bonchev–Trinajstić information content (AvgIpc) is 2.14. The Morgan fingerprint density at radius 2 is 2.22 bits per heavy atom. The molecule has 1 unspecified atom stereocenters. The van der Waals surface area contributed by atoms with Gasteiger partial charge in [-0.05, 0) is 39.7 Å². The summed E-state index contributed by atoms with van der Waals surface area (Å²) in [5.74, 6) is 0.437. The Hall–Kier alpha value is -0.0400. The Morgan fingerprint density at radius 1 is 1.56 bits per heavy atom. The predicted molar refractivity (Wildman–Crippen MR) is 39.1 cm³/mol. The summed E-state index contributed by atoms with van der Waals surface area (Å²) in [4.78, 5) is 2.42. The third-order valence-corrected chi connectivity index (χ3v) is 1.99. The summed E-state index contributed by atoms with van der Waals surface area (Å²) in [6.07, 6.45) is 1.18. The van der Waals surface area contributed by atoms with Gasteiger partial charge in [-0.1, -0.05) is 0 Å². The minimum Gasteiger partial charge on any atom is -0.301 e. The van der Waals surface area contributed by atoms with Crippen LogP contribution in [0.3, 0.4) is 0 Å². The lowest BCUT2D eigenvalue weighted by Crippen LogP contribution is -2.27. The van der Waals surface area contributed by atoms with Crippen LogP contribution in [-0.2, 0) is 0 Å². The first-order valence-corrected chi connectivity index (χ1v) is 3.70. The molecule has 0 bridgehead atoms. The lowest BCUT2D eigenvalue weighted by molar-refractivity contribution is 0.270. The molecule has 0 aromatic carbocycles. The van der Waals surface area contributed by atoms with Crippen molar-refractivity contribution in [3.8, 4) is 0 Å². The fraction of sp³-hybridized carbons (Fsp3) is 0.875. The van der Waals surface area contributed by atoms with Crippen molar-refractivity contribution in [2.45, 2.75) is 26.3 Å². The first-order chi connectivity index (χ1) is 4.20. The summed E-state index contributed by atoms with van der Waals surface area (Å²) >= 11 is 0. The lowest BCUT2D eigenvalue weighted by atomic mass is 10.2. The highest BCUT2D eigenvalue weighted by Crippen LogP contribution is 2.16. The molecule has 1 saturated heterocycles. The van der Waals surface area contributed by atoms with E-state index in [9.17, 15) is 0 Å². The van der Waals surface area contributed by atoms with Crippen molar-refractivity contribution >= 4 is 0 Å². The van der Waals surface area contributed by atoms with E-state index in [0.717, 1.165) is 6.54 Å². The van der Waals surface area contributed by atoms with Crippen molar-refractivity contribution in [3.63, 3.8) is 0 Å². The van der Waals surface area contributed by atoms with Gasteiger partial charge in [-0.25, -0.2) is 0 Å². The molecule has 52 valence electrons. The van der Waals surface area contributed by atoms with Gasteiger partial charge in [0.05, 0.1) is 0 Å². The van der Waals surface area contributed by atoms with E-state index in [4.69, 9.17) is 6.92 Å². The summed E-state index contributed by atoms with van der Waals surface area (Å²) in [6, 6.07) is 0.679. The first kappa shape index (κ1) is 7.07. The van der Waals surface area contributed by atoms with Gasteiger partial charge < -0.3 is 4.90 Å². The van der Waals surface area contributed by atoms with Crippen LogP contribution >= 0.6 is 0 Å². The molecule has 0 aromatic heterocycles. The van der Waals surface area contributed by atoms with Crippen LogP contribution in [-0.4, -0.2) is 24.0 Å². The Kier molecular flexibility index (Phi) is 2.12. The Bertz CT molecular complexity index is 88.6. The minimum absolute atomic E-state index is 0.437. The van der Waals surface area contributed by atoms with Crippen LogP contribution in [0.4, 0.5) is 0 Å². The Labute approximate surface area is 58.0 Å². The molecule has 0 aliphatic carbocycles. The SMILES string of the molecule is [CH]C1CCN(C(C)C)C1. The van der Waals surface area contributed by atoms with Gasteiger partial charge in [-0.2, -0.15) is 0 Å². The molecule has 1 heteroatoms. The molecule has 0 spiro atoms. The van der Waals surface area contributed by atoms with Crippen LogP contribution in [0.1, 0.15) is 20.3 Å². The minimum atomic E-state index is 0.437. The van der Waals surface area contributed by atoms with Crippen LogP contribution in [0, 0.1) is 12.8 Å². The molecule has 0 amide bonds. The zero-order chi connectivity index (χ0) is 6.85. The molecule has 0 aromatic rings. The molecule has 0 saturated carbocycles. The Morgan fingerprint density at radius 3 is 2.44 bits per heavy atom. The van der Waals surface area contributed by atoms with Crippen LogP contribution in [0.15, 0.2) is 0 Å². The molecule has 1 nitrogen and oxygen atoms in total. The zero-order valence-corrected chi connectivity index (χ0v) is 6.30. The molecular weight excluding hydrogens is 110 g/mol. The number of rotatable bonds is 1. The van der Waals surface area contributed by atoms with Gasteiger partial charge in [0.15, 0.2) is 0 Å². The highest BCUT2D eigenvalue weighted by Gasteiger charge is 2.20. The summed E-state index contributed by atoms with van der Waals surface area (Å²) in [5.41, 5.74) is 0. The highest BCUT2D eigenvalue weighted by molar-refractivity contribution is 4.78. The number of nitrogens with zero attached hydrogens (tertiary/aromatic N) is 1. The fourth-order valence-electron chi connectivity index (χ4n) is 1.28. The van der Waals surface area contributed by atoms with Crippen LogP contribution in [0.5, 0.6) is 0 Å². The van der Waals surface area contributed by atoms with Crippen molar-refractivity contribution in [1.29, 1.82) is 0 Å². The maximum absolute atomic E-state index is 5.72. The summed E-state index contributed by atoms with van der Waals surface area (Å²) in [5, 5.41) is 0. The van der Waals surface area contributed by atoms with Gasteiger partial charge in [0.1, 0.15) is 0 Å². The second-order valence-electron chi connectivity index (χ2n) is 3.14. The molecule has 0 N–H and O–H groups in total. The van der Waals surface area contributed by atoms with Gasteiger partial charge >= 0.3 is 0 Å². The molecule has 1 heterocycles. The van der Waals surface area contributed by atoms with E-state index >= 15 is 0 Å². The number of hydrogen-bond donors (Lipinski definition) is 0. The standard InChI is InChI=1S/C8H15N/c1-7(2)9-5-4-8(3)6-9/h3,7-8H,4-6H2,1-2H3. The molecular formula is C8H15N. The lowest BCUT2D eigenvalue weighted by Gasteiger charge is -2.19. The van der Waals surface area contributed by atoms with Gasteiger partial charge in [0.25, 0.3) is 0 Å². The maximum atomic E-state index is 5.72. The predicted octanol–water partition coefficient (Wildman–Crippen LogP) is 1.43. The molecule has 1 aliphatic rings. The van der Waals surface area contributed by atoms with Crippen LogP contribution < -0.4 is 0 Å². The topological polar surface area (TPSA) is 3.24 Å². The quantitative estimate of drug-likeness (QED) is 0.512. The van der Waals surface area contributed by atoms with Crippen molar-refractivity contribution in [1.82, 2.24) is 4.90 Å². The normalized spacial score (nSPS) is 30.0. The van der Waals surface area contributed by atoms with E-state index < -0.39 is 0 Å². The van der Waals surface area contributed by atoms with Crippen molar-refractivity contribution in [2.24, 2.45) is 5.92 Å². The summed E-state index contributed by atoms with van der Waals surface area (Å²) in [7, 11) is 0. The van der Waals surface area contributed by atoms with E-state index in [-0.39, 0.29) is 0 Å². The molecule has 2 radical (unpaired) electrons. The van der Waals surface area contributed by atoms with Crippen LogP contribution in [0.25, 0.3) is 0 Å². The summed E-state index contributed by atoms with van der Waals surface area (Å²) in [6.45, 7) is 12.4. The third kappa shape index (κ3) is 1.68. The van der Waals surface area contributed by atoms with E-state index in [1.165, 1.54) is 13.0 Å². The maximum Gasteiger partial charge on any atom is 0.00387 e. The van der Waals surface area contributed by atoms with E-state index in [0.29, 0.717) is 12.0 Å². The highest BCUT2D eigenvalue weighted by atomic mass is 15.2.